The molecule has 2 aromatic carbocycles. The number of hydrogen-bond donors (Lipinski definition) is 1. The second kappa shape index (κ2) is 5.27. The first-order chi connectivity index (χ1) is 8.91. The van der Waals surface area contributed by atoms with Crippen molar-refractivity contribution in [3.05, 3.63) is 69.2 Å². The zero-order chi connectivity index (χ0) is 14.2. The van der Waals surface area contributed by atoms with Crippen molar-refractivity contribution in [3.63, 3.8) is 0 Å². The molecule has 1 unspecified atom stereocenters. The molecule has 1 N–H and O–H groups in total. The summed E-state index contributed by atoms with van der Waals surface area (Å²) in [7, 11) is 0. The lowest BCUT2D eigenvalue weighted by atomic mass is 9.99. The minimum absolute atomic E-state index is 0.0944. The highest BCUT2D eigenvalue weighted by Crippen LogP contribution is 2.29. The van der Waals surface area contributed by atoms with E-state index in [1.165, 1.54) is 19.1 Å². The molecular formula is C15H13ClF2O. The minimum atomic E-state index is -1.24. The van der Waals surface area contributed by atoms with Crippen LogP contribution >= 0.6 is 11.6 Å². The molecule has 100 valence electrons. The smallest absolute Gasteiger partial charge is 0.165 e. The SMILES string of the molecule is Cc1ccc(C(O)c2ccc(C)c(F)c2F)cc1Cl. The van der Waals surface area contributed by atoms with Gasteiger partial charge in [-0.2, -0.15) is 0 Å². The molecule has 2 aromatic rings. The first-order valence-electron chi connectivity index (χ1n) is 5.80. The molecule has 0 aliphatic carbocycles. The second-order valence-electron chi connectivity index (χ2n) is 4.51. The van der Waals surface area contributed by atoms with E-state index in [0.717, 1.165) is 5.56 Å². The van der Waals surface area contributed by atoms with Crippen molar-refractivity contribution in [2.24, 2.45) is 0 Å². The Bertz CT molecular complexity index is 626. The normalized spacial score (nSPS) is 12.5. The van der Waals surface area contributed by atoms with E-state index in [1.54, 1.807) is 18.2 Å². The van der Waals surface area contributed by atoms with Gasteiger partial charge in [0.25, 0.3) is 0 Å². The summed E-state index contributed by atoms with van der Waals surface area (Å²) in [5.41, 5.74) is 1.39. The average Bonchev–Trinajstić information content (AvgIpc) is 2.39. The third-order valence-electron chi connectivity index (χ3n) is 3.11. The molecule has 0 aliphatic rings. The maximum absolute atomic E-state index is 13.8. The summed E-state index contributed by atoms with van der Waals surface area (Å²) < 4.78 is 27.3. The van der Waals surface area contributed by atoms with Gasteiger partial charge >= 0.3 is 0 Å². The summed E-state index contributed by atoms with van der Waals surface area (Å²) >= 11 is 5.96. The molecule has 0 amide bonds. The van der Waals surface area contributed by atoms with Crippen LogP contribution < -0.4 is 0 Å². The molecule has 0 aliphatic heterocycles. The van der Waals surface area contributed by atoms with Crippen molar-refractivity contribution in [2.45, 2.75) is 20.0 Å². The fourth-order valence-corrected chi connectivity index (χ4v) is 2.02. The van der Waals surface area contributed by atoms with Crippen LogP contribution in [0.5, 0.6) is 0 Å². The lowest BCUT2D eigenvalue weighted by Crippen LogP contribution is -2.05. The average molecular weight is 283 g/mol. The van der Waals surface area contributed by atoms with Crippen LogP contribution in [-0.4, -0.2) is 5.11 Å². The quantitative estimate of drug-likeness (QED) is 0.870. The number of hydrogen-bond acceptors (Lipinski definition) is 1. The monoisotopic (exact) mass is 282 g/mol. The molecule has 4 heteroatoms. The van der Waals surface area contributed by atoms with Crippen LogP contribution in [0.4, 0.5) is 8.78 Å². The van der Waals surface area contributed by atoms with E-state index in [-0.39, 0.29) is 11.1 Å². The van der Waals surface area contributed by atoms with Gasteiger partial charge in [-0.25, -0.2) is 8.78 Å². The second-order valence-corrected chi connectivity index (χ2v) is 4.92. The van der Waals surface area contributed by atoms with Crippen LogP contribution in [0.25, 0.3) is 0 Å². The van der Waals surface area contributed by atoms with Gasteiger partial charge in [-0.15, -0.1) is 0 Å². The summed E-state index contributed by atoms with van der Waals surface area (Å²) in [5.74, 6) is -1.96. The summed E-state index contributed by atoms with van der Waals surface area (Å²) in [4.78, 5) is 0. The van der Waals surface area contributed by atoms with Gasteiger partial charge in [0.05, 0.1) is 0 Å². The van der Waals surface area contributed by atoms with Crippen molar-refractivity contribution in [3.8, 4) is 0 Å². The van der Waals surface area contributed by atoms with Crippen LogP contribution in [0.3, 0.4) is 0 Å². The van der Waals surface area contributed by atoms with Crippen molar-refractivity contribution in [1.29, 1.82) is 0 Å². The Labute approximate surface area is 115 Å². The van der Waals surface area contributed by atoms with E-state index in [2.05, 4.69) is 0 Å². The van der Waals surface area contributed by atoms with E-state index in [4.69, 9.17) is 11.6 Å². The van der Waals surface area contributed by atoms with Crippen molar-refractivity contribution in [1.82, 2.24) is 0 Å². The Morgan fingerprint density at radius 1 is 1.00 bits per heavy atom. The lowest BCUT2D eigenvalue weighted by molar-refractivity contribution is 0.213. The Hall–Kier alpha value is -1.45. The topological polar surface area (TPSA) is 20.2 Å². The van der Waals surface area contributed by atoms with Crippen molar-refractivity contribution in [2.75, 3.05) is 0 Å². The Morgan fingerprint density at radius 2 is 1.63 bits per heavy atom. The highest BCUT2D eigenvalue weighted by Gasteiger charge is 2.19. The van der Waals surface area contributed by atoms with Gasteiger partial charge in [0.15, 0.2) is 11.6 Å². The molecule has 19 heavy (non-hydrogen) atoms. The lowest BCUT2D eigenvalue weighted by Gasteiger charge is -2.14. The van der Waals surface area contributed by atoms with Crippen molar-refractivity contribution < 1.29 is 13.9 Å². The van der Waals surface area contributed by atoms with Gasteiger partial charge in [-0.1, -0.05) is 35.9 Å². The molecule has 0 heterocycles. The molecule has 2 rings (SSSR count). The van der Waals surface area contributed by atoms with Gasteiger partial charge in [-0.05, 0) is 36.6 Å². The first kappa shape index (κ1) is 14.0. The van der Waals surface area contributed by atoms with Gasteiger partial charge in [-0.3, -0.25) is 0 Å². The summed E-state index contributed by atoms with van der Waals surface area (Å²) in [5, 5.41) is 10.6. The minimum Gasteiger partial charge on any atom is -0.384 e. The molecule has 0 fully saturated rings. The third kappa shape index (κ3) is 2.62. The predicted molar refractivity (Wildman–Crippen MR) is 71.3 cm³/mol. The molecule has 0 aromatic heterocycles. The maximum atomic E-state index is 13.8. The number of aliphatic hydroxyl groups is 1. The molecular weight excluding hydrogens is 270 g/mol. The Morgan fingerprint density at radius 3 is 2.26 bits per heavy atom. The fourth-order valence-electron chi connectivity index (χ4n) is 1.83. The number of rotatable bonds is 2. The summed E-state index contributed by atoms with van der Waals surface area (Å²) in [6, 6.07) is 7.74. The van der Waals surface area contributed by atoms with Gasteiger partial charge in [0.1, 0.15) is 6.10 Å². The zero-order valence-electron chi connectivity index (χ0n) is 10.5. The number of halogens is 3. The van der Waals surface area contributed by atoms with E-state index < -0.39 is 17.7 Å². The van der Waals surface area contributed by atoms with Crippen LogP contribution in [0.2, 0.25) is 5.02 Å². The van der Waals surface area contributed by atoms with Crippen LogP contribution in [0.15, 0.2) is 30.3 Å². The molecule has 0 saturated carbocycles. The standard InChI is InChI=1S/C15H13ClF2O/c1-8-3-5-10(7-12(8)16)15(19)11-6-4-9(2)13(17)14(11)18/h3-7,15,19H,1-2H3. The molecule has 0 saturated heterocycles. The Balaban J connectivity index is 2.47. The van der Waals surface area contributed by atoms with E-state index in [0.29, 0.717) is 10.6 Å². The molecule has 0 bridgehead atoms. The fraction of sp³-hybridized carbons (Fsp3) is 0.200. The first-order valence-corrected chi connectivity index (χ1v) is 6.18. The zero-order valence-corrected chi connectivity index (χ0v) is 11.3. The number of benzene rings is 2. The molecule has 0 spiro atoms. The maximum Gasteiger partial charge on any atom is 0.165 e. The summed E-state index contributed by atoms with van der Waals surface area (Å²) in [6.07, 6.45) is -1.24. The van der Waals surface area contributed by atoms with E-state index in [1.807, 2.05) is 6.92 Å². The third-order valence-corrected chi connectivity index (χ3v) is 3.52. The predicted octanol–water partition coefficient (Wildman–Crippen LogP) is 4.32. The molecule has 1 atom stereocenters. The van der Waals surface area contributed by atoms with Crippen LogP contribution in [-0.2, 0) is 0 Å². The number of aryl methyl sites for hydroxylation is 2. The van der Waals surface area contributed by atoms with Gasteiger partial charge in [0, 0.05) is 10.6 Å². The largest absolute Gasteiger partial charge is 0.384 e. The van der Waals surface area contributed by atoms with Crippen LogP contribution in [0.1, 0.15) is 28.4 Å². The molecule has 1 nitrogen and oxygen atoms in total. The van der Waals surface area contributed by atoms with E-state index >= 15 is 0 Å². The van der Waals surface area contributed by atoms with Gasteiger partial charge < -0.3 is 5.11 Å². The van der Waals surface area contributed by atoms with E-state index in [9.17, 15) is 13.9 Å². The van der Waals surface area contributed by atoms with Crippen molar-refractivity contribution >= 4 is 11.6 Å². The number of aliphatic hydroxyl groups excluding tert-OH is 1. The van der Waals surface area contributed by atoms with Gasteiger partial charge in [0.2, 0.25) is 0 Å². The van der Waals surface area contributed by atoms with Crippen LogP contribution in [0, 0.1) is 25.5 Å². The highest BCUT2D eigenvalue weighted by atomic mass is 35.5. The molecule has 0 radical (unpaired) electrons. The summed E-state index contributed by atoms with van der Waals surface area (Å²) in [6.45, 7) is 3.29. The highest BCUT2D eigenvalue weighted by molar-refractivity contribution is 6.31. The Kier molecular flexibility index (Phi) is 3.88.